The number of aliphatic carboxylic acids is 1. The van der Waals surface area contributed by atoms with Gasteiger partial charge in [0.2, 0.25) is 0 Å². The molecule has 17 heavy (non-hydrogen) atoms. The molecule has 0 spiro atoms. The number of hydrogen-bond donors (Lipinski definition) is 1. The maximum atomic E-state index is 12.1. The Morgan fingerprint density at radius 1 is 1.53 bits per heavy atom. The lowest BCUT2D eigenvalue weighted by Gasteiger charge is -2.14. The average molecular weight is 365 g/mol. The van der Waals surface area contributed by atoms with Gasteiger partial charge in [-0.05, 0) is 34.6 Å². The number of carboxylic acid groups (broad SMARTS) is 1. The van der Waals surface area contributed by atoms with Crippen LogP contribution >= 0.6 is 33.9 Å². The van der Waals surface area contributed by atoms with Gasteiger partial charge in [0.15, 0.2) is 0 Å². The topological polar surface area (TPSA) is 57.6 Å². The molecule has 1 aliphatic rings. The molecule has 2 unspecified atom stereocenters. The van der Waals surface area contributed by atoms with E-state index in [4.69, 9.17) is 5.11 Å². The van der Waals surface area contributed by atoms with Crippen molar-refractivity contribution >= 4 is 45.8 Å². The van der Waals surface area contributed by atoms with Crippen molar-refractivity contribution in [1.29, 1.82) is 0 Å². The number of rotatable bonds is 2. The summed E-state index contributed by atoms with van der Waals surface area (Å²) in [5.41, 5.74) is 0.664. The Balaban J connectivity index is 2.10. The van der Waals surface area contributed by atoms with E-state index in [1.165, 1.54) is 11.3 Å². The molecule has 92 valence electrons. The van der Waals surface area contributed by atoms with Gasteiger partial charge in [-0.2, -0.15) is 0 Å². The molecule has 1 aromatic heterocycles. The molecule has 0 bridgehead atoms. The molecule has 1 amide bonds. The number of hydrogen-bond acceptors (Lipinski definition) is 3. The van der Waals surface area contributed by atoms with Crippen molar-refractivity contribution in [2.45, 2.75) is 6.92 Å². The number of thiophene rings is 1. The first kappa shape index (κ1) is 12.8. The zero-order valence-corrected chi connectivity index (χ0v) is 12.2. The first-order valence-corrected chi connectivity index (χ1v) is 7.21. The Morgan fingerprint density at radius 2 is 2.24 bits per heavy atom. The third kappa shape index (κ3) is 2.62. The maximum absolute atomic E-state index is 12.1. The van der Waals surface area contributed by atoms with Crippen LogP contribution in [0.4, 0.5) is 0 Å². The maximum Gasteiger partial charge on any atom is 0.308 e. The van der Waals surface area contributed by atoms with Gasteiger partial charge in [0.25, 0.3) is 5.91 Å². The van der Waals surface area contributed by atoms with Crippen LogP contribution in [-0.2, 0) is 4.79 Å². The van der Waals surface area contributed by atoms with E-state index in [1.807, 2.05) is 18.4 Å². The van der Waals surface area contributed by atoms with Crippen LogP contribution in [0, 0.1) is 14.7 Å². The number of halogens is 1. The molecule has 0 aliphatic carbocycles. The third-order valence-electron chi connectivity index (χ3n) is 3.03. The molecule has 2 rings (SSSR count). The summed E-state index contributed by atoms with van der Waals surface area (Å²) in [5.74, 6) is -1.28. The third-order valence-corrected chi connectivity index (χ3v) is 4.82. The van der Waals surface area contributed by atoms with Crippen molar-refractivity contribution < 1.29 is 14.7 Å². The standard InChI is InChI=1S/C11H12INO3S/c1-6-3-13(4-8(6)11(15)16)10(14)7-2-9(12)17-5-7/h2,5-6,8H,3-4H2,1H3,(H,15,16). The highest BCUT2D eigenvalue weighted by Crippen LogP contribution is 2.26. The van der Waals surface area contributed by atoms with Crippen molar-refractivity contribution in [3.63, 3.8) is 0 Å². The highest BCUT2D eigenvalue weighted by Gasteiger charge is 2.37. The number of carbonyl (C=O) groups excluding carboxylic acids is 1. The molecule has 1 aliphatic heterocycles. The zero-order valence-electron chi connectivity index (χ0n) is 9.22. The van der Waals surface area contributed by atoms with E-state index in [0.29, 0.717) is 18.7 Å². The summed E-state index contributed by atoms with van der Waals surface area (Å²) in [5, 5.41) is 10.8. The Labute approximate surface area is 117 Å². The minimum absolute atomic E-state index is 0.0224. The van der Waals surface area contributed by atoms with Crippen LogP contribution in [-0.4, -0.2) is 35.0 Å². The predicted octanol–water partition coefficient (Wildman–Crippen LogP) is 2.15. The lowest BCUT2D eigenvalue weighted by molar-refractivity contribution is -0.142. The number of likely N-dealkylation sites (tertiary alicyclic amines) is 1. The van der Waals surface area contributed by atoms with Gasteiger partial charge in [0.1, 0.15) is 0 Å². The van der Waals surface area contributed by atoms with Crippen LogP contribution in [0.3, 0.4) is 0 Å². The molecule has 1 aromatic rings. The van der Waals surface area contributed by atoms with Gasteiger partial charge in [-0.3, -0.25) is 9.59 Å². The number of amides is 1. The Bertz CT molecular complexity index is 459. The summed E-state index contributed by atoms with van der Waals surface area (Å²) in [7, 11) is 0. The molecule has 0 saturated carbocycles. The van der Waals surface area contributed by atoms with E-state index >= 15 is 0 Å². The van der Waals surface area contributed by atoms with E-state index in [9.17, 15) is 9.59 Å². The summed E-state index contributed by atoms with van der Waals surface area (Å²) >= 11 is 3.69. The van der Waals surface area contributed by atoms with Crippen LogP contribution in [0.15, 0.2) is 11.4 Å². The van der Waals surface area contributed by atoms with Crippen molar-refractivity contribution in [2.75, 3.05) is 13.1 Å². The number of carbonyl (C=O) groups is 2. The second-order valence-electron chi connectivity index (χ2n) is 4.27. The van der Waals surface area contributed by atoms with Crippen LogP contribution in [0.2, 0.25) is 0 Å². The van der Waals surface area contributed by atoms with Crippen LogP contribution in [0.5, 0.6) is 0 Å². The normalized spacial score (nSPS) is 24.0. The fraction of sp³-hybridized carbons (Fsp3) is 0.455. The summed E-state index contributed by atoms with van der Waals surface area (Å²) in [6.07, 6.45) is 0. The van der Waals surface area contributed by atoms with Crippen molar-refractivity contribution in [3.05, 3.63) is 19.9 Å². The predicted molar refractivity (Wildman–Crippen MR) is 73.2 cm³/mol. The van der Waals surface area contributed by atoms with Crippen LogP contribution in [0.1, 0.15) is 17.3 Å². The number of nitrogens with zero attached hydrogens (tertiary/aromatic N) is 1. The minimum atomic E-state index is -0.812. The molecule has 1 N–H and O–H groups in total. The summed E-state index contributed by atoms with van der Waals surface area (Å²) in [4.78, 5) is 24.7. The van der Waals surface area contributed by atoms with E-state index < -0.39 is 11.9 Å². The monoisotopic (exact) mass is 365 g/mol. The molecule has 0 aromatic carbocycles. The van der Waals surface area contributed by atoms with E-state index in [2.05, 4.69) is 22.6 Å². The smallest absolute Gasteiger partial charge is 0.308 e. The Morgan fingerprint density at radius 3 is 2.71 bits per heavy atom. The fourth-order valence-electron chi connectivity index (χ4n) is 2.06. The van der Waals surface area contributed by atoms with Crippen LogP contribution in [0.25, 0.3) is 0 Å². The molecule has 2 heterocycles. The first-order valence-electron chi connectivity index (χ1n) is 5.25. The summed E-state index contributed by atoms with van der Waals surface area (Å²) in [6, 6.07) is 1.84. The largest absolute Gasteiger partial charge is 0.481 e. The lowest BCUT2D eigenvalue weighted by atomic mass is 9.99. The molecule has 0 radical (unpaired) electrons. The van der Waals surface area contributed by atoms with Gasteiger partial charge in [-0.15, -0.1) is 11.3 Å². The van der Waals surface area contributed by atoms with Crippen molar-refractivity contribution in [2.24, 2.45) is 11.8 Å². The SMILES string of the molecule is CC1CN(C(=O)c2csc(I)c2)CC1C(=O)O. The average Bonchev–Trinajstić information content (AvgIpc) is 2.83. The van der Waals surface area contributed by atoms with Gasteiger partial charge >= 0.3 is 5.97 Å². The van der Waals surface area contributed by atoms with Gasteiger partial charge < -0.3 is 10.0 Å². The Hall–Kier alpha value is -0.630. The molecular formula is C11H12INO3S. The molecule has 2 atom stereocenters. The van der Waals surface area contributed by atoms with Gasteiger partial charge in [0.05, 0.1) is 14.4 Å². The Kier molecular flexibility index (Phi) is 3.72. The second kappa shape index (κ2) is 4.93. The summed E-state index contributed by atoms with van der Waals surface area (Å²) in [6.45, 7) is 2.73. The van der Waals surface area contributed by atoms with Crippen LogP contribution < -0.4 is 0 Å². The van der Waals surface area contributed by atoms with Gasteiger partial charge in [-0.25, -0.2) is 0 Å². The van der Waals surface area contributed by atoms with Gasteiger partial charge in [-0.1, -0.05) is 6.92 Å². The quantitative estimate of drug-likeness (QED) is 0.818. The van der Waals surface area contributed by atoms with E-state index in [0.717, 1.165) is 2.88 Å². The molecular weight excluding hydrogens is 353 g/mol. The second-order valence-corrected chi connectivity index (χ2v) is 7.08. The highest BCUT2D eigenvalue weighted by atomic mass is 127. The first-order chi connectivity index (χ1) is 7.99. The summed E-state index contributed by atoms with van der Waals surface area (Å²) < 4.78 is 1.06. The van der Waals surface area contributed by atoms with Crippen molar-refractivity contribution in [1.82, 2.24) is 4.90 Å². The lowest BCUT2D eigenvalue weighted by Crippen LogP contribution is -2.29. The van der Waals surface area contributed by atoms with E-state index in [1.54, 1.807) is 4.90 Å². The van der Waals surface area contributed by atoms with Gasteiger partial charge in [0, 0.05) is 18.5 Å². The fourth-order valence-corrected chi connectivity index (χ4v) is 3.38. The molecule has 1 saturated heterocycles. The van der Waals surface area contributed by atoms with E-state index in [-0.39, 0.29) is 11.8 Å². The molecule has 6 heteroatoms. The zero-order chi connectivity index (χ0) is 12.6. The molecule has 4 nitrogen and oxygen atoms in total. The van der Waals surface area contributed by atoms with Crippen molar-refractivity contribution in [3.8, 4) is 0 Å². The molecule has 1 fully saturated rings. The number of carboxylic acids is 1. The highest BCUT2D eigenvalue weighted by molar-refractivity contribution is 14.1. The minimum Gasteiger partial charge on any atom is -0.481 e.